The number of amides is 1. The number of aliphatic hydroxyl groups excluding tert-OH is 1. The molecule has 4 nitrogen and oxygen atoms in total. The molecule has 4 aliphatic rings. The average Bonchev–Trinajstić information content (AvgIpc) is 3.18. The molecule has 36 heavy (non-hydrogen) atoms. The molecule has 0 spiro atoms. The van der Waals surface area contributed by atoms with E-state index < -0.39 is 0 Å². The summed E-state index contributed by atoms with van der Waals surface area (Å²) in [6.45, 7) is 14.3. The first kappa shape index (κ1) is 28.1. The van der Waals surface area contributed by atoms with Crippen LogP contribution < -0.4 is 5.32 Å². The van der Waals surface area contributed by atoms with Crippen molar-refractivity contribution in [2.75, 3.05) is 33.7 Å². The molecule has 4 unspecified atom stereocenters. The van der Waals surface area contributed by atoms with Crippen molar-refractivity contribution >= 4 is 5.91 Å². The van der Waals surface area contributed by atoms with Gasteiger partial charge >= 0.3 is 0 Å². The van der Waals surface area contributed by atoms with Crippen molar-refractivity contribution in [2.45, 2.75) is 104 Å². The Morgan fingerprint density at radius 3 is 2.56 bits per heavy atom. The molecule has 4 fully saturated rings. The molecule has 9 atom stereocenters. The van der Waals surface area contributed by atoms with Gasteiger partial charge < -0.3 is 14.9 Å². The molecule has 0 bridgehead atoms. The first-order valence-electron chi connectivity index (χ1n) is 15.4. The highest BCUT2D eigenvalue weighted by Gasteiger charge is 2.60. The van der Waals surface area contributed by atoms with E-state index in [9.17, 15) is 9.90 Å². The lowest BCUT2D eigenvalue weighted by molar-refractivity contribution is -0.884. The van der Waals surface area contributed by atoms with Gasteiger partial charge in [-0.15, -0.1) is 0 Å². The Morgan fingerprint density at radius 1 is 1.08 bits per heavy atom. The smallest absolute Gasteiger partial charge is 0.220 e. The molecule has 4 heteroatoms. The number of rotatable bonds is 10. The molecule has 206 valence electrons. The van der Waals surface area contributed by atoms with Crippen LogP contribution >= 0.6 is 0 Å². The van der Waals surface area contributed by atoms with E-state index in [0.29, 0.717) is 23.2 Å². The van der Waals surface area contributed by atoms with Crippen molar-refractivity contribution in [1.82, 2.24) is 5.32 Å². The minimum absolute atomic E-state index is 0.0503. The molecule has 0 saturated heterocycles. The van der Waals surface area contributed by atoms with Crippen LogP contribution in [0.25, 0.3) is 0 Å². The summed E-state index contributed by atoms with van der Waals surface area (Å²) < 4.78 is 0.932. The molecule has 2 N–H and O–H groups in total. The van der Waals surface area contributed by atoms with Gasteiger partial charge in [0.05, 0.1) is 33.3 Å². The number of carbonyl (C=O) groups excluding carboxylic acids is 1. The fraction of sp³-hybridized carbons (Fsp3) is 0.906. The van der Waals surface area contributed by atoms with E-state index in [1.807, 2.05) is 6.08 Å². The summed E-state index contributed by atoms with van der Waals surface area (Å²) in [5, 5.41) is 13.5. The second-order valence-corrected chi connectivity index (χ2v) is 14.7. The first-order chi connectivity index (χ1) is 17.0. The molecule has 0 radical (unpaired) electrons. The highest BCUT2D eigenvalue weighted by atomic mass is 16.3. The summed E-state index contributed by atoms with van der Waals surface area (Å²) in [5.74, 6) is 5.02. The van der Waals surface area contributed by atoms with Crippen LogP contribution in [0.15, 0.2) is 12.7 Å². The predicted octanol–water partition coefficient (Wildman–Crippen LogP) is 6.19. The second kappa shape index (κ2) is 11.1. The van der Waals surface area contributed by atoms with Gasteiger partial charge in [-0.1, -0.05) is 27.4 Å². The molecule has 4 aliphatic carbocycles. The number of carbonyl (C=O) groups is 1. The summed E-state index contributed by atoms with van der Waals surface area (Å²) in [4.78, 5) is 12.6. The largest absolute Gasteiger partial charge is 0.393 e. The Labute approximate surface area is 222 Å². The van der Waals surface area contributed by atoms with Crippen LogP contribution in [0.1, 0.15) is 97.8 Å². The Kier molecular flexibility index (Phi) is 8.67. The van der Waals surface area contributed by atoms with Crippen LogP contribution in [0, 0.1) is 46.3 Å². The van der Waals surface area contributed by atoms with Gasteiger partial charge in [0.2, 0.25) is 5.91 Å². The molecule has 0 aromatic rings. The Balaban J connectivity index is 1.27. The number of quaternary nitrogens is 1. The lowest BCUT2D eigenvalue weighted by Crippen LogP contribution is -2.54. The van der Waals surface area contributed by atoms with E-state index in [-0.39, 0.29) is 12.0 Å². The first-order valence-corrected chi connectivity index (χ1v) is 15.4. The molecular formula is C32H57N2O2+. The lowest BCUT2D eigenvalue weighted by atomic mass is 9.44. The molecule has 0 aromatic heterocycles. The fourth-order valence-corrected chi connectivity index (χ4v) is 10.0. The van der Waals surface area contributed by atoms with E-state index in [4.69, 9.17) is 0 Å². The van der Waals surface area contributed by atoms with Gasteiger partial charge in [0.15, 0.2) is 0 Å². The van der Waals surface area contributed by atoms with Gasteiger partial charge in [-0.05, 0) is 117 Å². The maximum atomic E-state index is 12.6. The second-order valence-electron chi connectivity index (χ2n) is 14.7. The van der Waals surface area contributed by atoms with Crippen molar-refractivity contribution in [2.24, 2.45) is 46.3 Å². The predicted molar refractivity (Wildman–Crippen MR) is 149 cm³/mol. The summed E-state index contributed by atoms with van der Waals surface area (Å²) in [7, 11) is 4.44. The summed E-state index contributed by atoms with van der Waals surface area (Å²) in [5.41, 5.74) is 0.925. The number of likely N-dealkylation sites (N-methyl/N-ethyl adjacent to an activating group) is 1. The molecular weight excluding hydrogens is 444 g/mol. The lowest BCUT2D eigenvalue weighted by Gasteiger charge is -2.61. The summed E-state index contributed by atoms with van der Waals surface area (Å²) in [6.07, 6.45) is 16.2. The van der Waals surface area contributed by atoms with Crippen molar-refractivity contribution < 1.29 is 14.4 Å². The van der Waals surface area contributed by atoms with Crippen molar-refractivity contribution in [3.05, 3.63) is 12.7 Å². The SMILES string of the molecule is C=CC[N+](C)(C)CCCNC(=O)CC[C@@H](C)[C@H]1CCC2C3CCC4C[C@H](O)CC[C@]4(C)C3CC[C@@]21C. The Hall–Kier alpha value is -0.870. The van der Waals surface area contributed by atoms with Crippen molar-refractivity contribution in [3.8, 4) is 0 Å². The third-order valence-corrected chi connectivity index (χ3v) is 12.1. The number of fused-ring (bicyclic) bond motifs is 5. The molecule has 0 aromatic carbocycles. The summed E-state index contributed by atoms with van der Waals surface area (Å²) in [6, 6.07) is 0. The zero-order valence-corrected chi connectivity index (χ0v) is 24.2. The Bertz CT molecular complexity index is 780. The number of nitrogens with one attached hydrogen (secondary N) is 1. The molecule has 4 saturated carbocycles. The zero-order chi connectivity index (χ0) is 26.1. The highest BCUT2D eigenvalue weighted by molar-refractivity contribution is 5.75. The van der Waals surface area contributed by atoms with Gasteiger partial charge in [-0.25, -0.2) is 0 Å². The number of hydrogen-bond acceptors (Lipinski definition) is 2. The third kappa shape index (κ3) is 5.60. The molecule has 0 aliphatic heterocycles. The quantitative estimate of drug-likeness (QED) is 0.213. The maximum absolute atomic E-state index is 12.6. The zero-order valence-electron chi connectivity index (χ0n) is 24.2. The number of nitrogens with zero attached hydrogens (tertiary/aromatic N) is 1. The minimum Gasteiger partial charge on any atom is -0.393 e. The van der Waals surface area contributed by atoms with Gasteiger partial charge in [0.25, 0.3) is 0 Å². The molecule has 1 amide bonds. The monoisotopic (exact) mass is 501 g/mol. The Morgan fingerprint density at radius 2 is 1.81 bits per heavy atom. The van der Waals surface area contributed by atoms with Crippen molar-refractivity contribution in [1.29, 1.82) is 0 Å². The van der Waals surface area contributed by atoms with E-state index >= 15 is 0 Å². The van der Waals surface area contributed by atoms with Crippen molar-refractivity contribution in [3.63, 3.8) is 0 Å². The van der Waals surface area contributed by atoms with Gasteiger partial charge in [-0.2, -0.15) is 0 Å². The van der Waals surface area contributed by atoms with Gasteiger partial charge in [-0.3, -0.25) is 4.79 Å². The standard InChI is InChI=1S/C32H56N2O2/c1-7-20-34(5,6)21-8-19-33-30(36)14-9-23(2)27-12-13-28-26-11-10-24-22-25(35)15-17-31(24,3)29(26)16-18-32(27,28)4/h7,23-29,35H,1,8-22H2,2-6H3/p+1/t23-,24?,25-,26?,27-,28?,29?,31+,32-/m1/s1. The maximum Gasteiger partial charge on any atom is 0.220 e. The van der Waals surface area contributed by atoms with E-state index in [2.05, 4.69) is 46.8 Å². The fourth-order valence-electron chi connectivity index (χ4n) is 10.0. The summed E-state index contributed by atoms with van der Waals surface area (Å²) >= 11 is 0. The third-order valence-electron chi connectivity index (χ3n) is 12.1. The highest BCUT2D eigenvalue weighted by Crippen LogP contribution is 2.68. The molecule has 4 rings (SSSR count). The van der Waals surface area contributed by atoms with Crippen LogP contribution in [-0.2, 0) is 4.79 Å². The topological polar surface area (TPSA) is 49.3 Å². The minimum atomic E-state index is -0.0503. The van der Waals surface area contributed by atoms with Gasteiger partial charge in [0.1, 0.15) is 0 Å². The van der Waals surface area contributed by atoms with Crippen LogP contribution in [0.2, 0.25) is 0 Å². The van der Waals surface area contributed by atoms with Crippen LogP contribution in [0.5, 0.6) is 0 Å². The van der Waals surface area contributed by atoms with Crippen LogP contribution in [-0.4, -0.2) is 55.3 Å². The van der Waals surface area contributed by atoms with Crippen LogP contribution in [0.4, 0.5) is 0 Å². The van der Waals surface area contributed by atoms with E-state index in [0.717, 1.165) is 79.4 Å². The number of aliphatic hydroxyl groups is 1. The normalized spacial score (nSPS) is 41.1. The van der Waals surface area contributed by atoms with Gasteiger partial charge in [0, 0.05) is 19.4 Å². The average molecular weight is 502 g/mol. The number of hydrogen-bond donors (Lipinski definition) is 2. The van der Waals surface area contributed by atoms with Crippen LogP contribution in [0.3, 0.4) is 0 Å². The van der Waals surface area contributed by atoms with E-state index in [1.54, 1.807) is 0 Å². The molecule has 0 heterocycles. The van der Waals surface area contributed by atoms with E-state index in [1.165, 1.54) is 44.9 Å².